The average molecular weight is 254 g/mol. The van der Waals surface area contributed by atoms with Crippen LogP contribution in [0.15, 0.2) is 54.0 Å². The maximum atomic E-state index is 11.8. The van der Waals surface area contributed by atoms with Crippen LogP contribution in [0.25, 0.3) is 0 Å². The minimum atomic E-state index is -0.366. The summed E-state index contributed by atoms with van der Waals surface area (Å²) in [5.74, 6) is -0.366. The van der Waals surface area contributed by atoms with Crippen LogP contribution in [0.5, 0.6) is 0 Å². The van der Waals surface area contributed by atoms with Crippen molar-refractivity contribution in [3.8, 4) is 0 Å². The molecule has 5 nitrogen and oxygen atoms in total. The third-order valence-electron chi connectivity index (χ3n) is 2.53. The molecule has 0 radical (unpaired) electrons. The normalized spacial score (nSPS) is 11.1. The summed E-state index contributed by atoms with van der Waals surface area (Å²) < 4.78 is 0. The van der Waals surface area contributed by atoms with Gasteiger partial charge in [-0.05, 0) is 12.0 Å². The first-order valence-corrected chi connectivity index (χ1v) is 5.99. The van der Waals surface area contributed by atoms with Gasteiger partial charge in [0.2, 0.25) is 0 Å². The largest absolute Gasteiger partial charge is 0.291 e. The van der Waals surface area contributed by atoms with Crippen LogP contribution in [0.1, 0.15) is 29.4 Å². The molecule has 0 aliphatic heterocycles. The Labute approximate surface area is 111 Å². The summed E-state index contributed by atoms with van der Waals surface area (Å²) in [6.07, 6.45) is 5.11. The monoisotopic (exact) mass is 254 g/mol. The first-order valence-electron chi connectivity index (χ1n) is 5.99. The lowest BCUT2D eigenvalue weighted by molar-refractivity contribution is 0.0949. The number of hydrazone groups is 1. The fourth-order valence-electron chi connectivity index (χ4n) is 1.57. The van der Waals surface area contributed by atoms with E-state index in [1.807, 2.05) is 37.3 Å². The van der Waals surface area contributed by atoms with Crippen molar-refractivity contribution >= 4 is 11.6 Å². The number of nitrogens with zero attached hydrogens (tertiary/aromatic N) is 3. The number of carbonyl (C=O) groups is 1. The zero-order valence-corrected chi connectivity index (χ0v) is 10.6. The molecule has 0 atom stereocenters. The Morgan fingerprint density at radius 2 is 2.05 bits per heavy atom. The topological polar surface area (TPSA) is 67.2 Å². The van der Waals surface area contributed by atoms with Crippen LogP contribution in [0.3, 0.4) is 0 Å². The second-order valence-electron chi connectivity index (χ2n) is 3.81. The Morgan fingerprint density at radius 1 is 1.26 bits per heavy atom. The Morgan fingerprint density at radius 3 is 2.68 bits per heavy atom. The number of amides is 1. The van der Waals surface area contributed by atoms with E-state index in [1.165, 1.54) is 18.6 Å². The van der Waals surface area contributed by atoms with Gasteiger partial charge in [-0.3, -0.25) is 9.78 Å². The summed E-state index contributed by atoms with van der Waals surface area (Å²) in [5, 5.41) is 4.14. The van der Waals surface area contributed by atoms with Crippen molar-refractivity contribution in [3.63, 3.8) is 0 Å². The van der Waals surface area contributed by atoms with E-state index < -0.39 is 0 Å². The molecule has 0 saturated heterocycles. The zero-order chi connectivity index (χ0) is 13.5. The van der Waals surface area contributed by atoms with Crippen molar-refractivity contribution in [2.45, 2.75) is 13.3 Å². The molecule has 5 heteroatoms. The zero-order valence-electron chi connectivity index (χ0n) is 10.6. The fourth-order valence-corrected chi connectivity index (χ4v) is 1.57. The Balaban J connectivity index is 2.11. The number of rotatable bonds is 4. The van der Waals surface area contributed by atoms with Crippen molar-refractivity contribution in [3.05, 3.63) is 60.2 Å². The Bertz CT molecular complexity index is 567. The molecule has 1 amide bonds. The summed E-state index contributed by atoms with van der Waals surface area (Å²) in [7, 11) is 0. The molecule has 0 spiro atoms. The van der Waals surface area contributed by atoms with Crippen LogP contribution in [0.2, 0.25) is 0 Å². The van der Waals surface area contributed by atoms with E-state index in [1.54, 1.807) is 0 Å². The Kier molecular flexibility index (Phi) is 4.34. The molecule has 1 aromatic carbocycles. The molecule has 19 heavy (non-hydrogen) atoms. The van der Waals surface area contributed by atoms with Gasteiger partial charge in [0.05, 0.1) is 11.9 Å². The summed E-state index contributed by atoms with van der Waals surface area (Å²) in [5.41, 5.74) is 4.55. The predicted octanol–water partition coefficient (Wildman–Crippen LogP) is 2.02. The second-order valence-corrected chi connectivity index (χ2v) is 3.81. The van der Waals surface area contributed by atoms with E-state index in [-0.39, 0.29) is 11.6 Å². The molecule has 1 heterocycles. The van der Waals surface area contributed by atoms with Crippen LogP contribution in [0.4, 0.5) is 0 Å². The number of hydrogen-bond donors (Lipinski definition) is 1. The number of aromatic nitrogens is 2. The van der Waals surface area contributed by atoms with E-state index >= 15 is 0 Å². The Hall–Kier alpha value is -2.56. The minimum absolute atomic E-state index is 0.245. The van der Waals surface area contributed by atoms with Gasteiger partial charge in [-0.2, -0.15) is 5.10 Å². The molecular weight excluding hydrogens is 240 g/mol. The third-order valence-corrected chi connectivity index (χ3v) is 2.53. The van der Waals surface area contributed by atoms with E-state index in [9.17, 15) is 4.79 Å². The SMILES string of the molecule is CC/C(=N\NC(=O)c1cnccn1)c1ccccc1. The molecule has 0 unspecified atom stereocenters. The highest BCUT2D eigenvalue weighted by molar-refractivity contribution is 6.01. The van der Waals surface area contributed by atoms with Crippen molar-refractivity contribution in [2.75, 3.05) is 0 Å². The van der Waals surface area contributed by atoms with Gasteiger partial charge in [-0.1, -0.05) is 37.3 Å². The van der Waals surface area contributed by atoms with Crippen molar-refractivity contribution in [2.24, 2.45) is 5.10 Å². The van der Waals surface area contributed by atoms with Crippen molar-refractivity contribution in [1.29, 1.82) is 0 Å². The van der Waals surface area contributed by atoms with Gasteiger partial charge in [0, 0.05) is 12.4 Å². The maximum absolute atomic E-state index is 11.8. The van der Waals surface area contributed by atoms with Crippen LogP contribution >= 0.6 is 0 Å². The molecule has 2 aromatic rings. The molecule has 1 aromatic heterocycles. The molecule has 2 rings (SSSR count). The maximum Gasteiger partial charge on any atom is 0.291 e. The van der Waals surface area contributed by atoms with Crippen LogP contribution in [0, 0.1) is 0 Å². The van der Waals surface area contributed by atoms with Crippen molar-refractivity contribution in [1.82, 2.24) is 15.4 Å². The summed E-state index contributed by atoms with van der Waals surface area (Å²) in [6.45, 7) is 1.99. The number of hydrogen-bond acceptors (Lipinski definition) is 4. The van der Waals surface area contributed by atoms with Crippen molar-refractivity contribution < 1.29 is 4.79 Å². The molecule has 0 aliphatic carbocycles. The van der Waals surface area contributed by atoms with Gasteiger partial charge in [-0.25, -0.2) is 10.4 Å². The van der Waals surface area contributed by atoms with Gasteiger partial charge < -0.3 is 0 Å². The summed E-state index contributed by atoms with van der Waals surface area (Å²) in [4.78, 5) is 19.5. The van der Waals surface area contributed by atoms with E-state index in [0.717, 1.165) is 17.7 Å². The smallest absolute Gasteiger partial charge is 0.265 e. The minimum Gasteiger partial charge on any atom is -0.265 e. The third kappa shape index (κ3) is 3.45. The number of benzene rings is 1. The first kappa shape index (κ1) is 12.9. The molecule has 96 valence electrons. The lowest BCUT2D eigenvalue weighted by atomic mass is 10.1. The molecule has 1 N–H and O–H groups in total. The van der Waals surface area contributed by atoms with E-state index in [2.05, 4.69) is 20.5 Å². The molecule has 0 fully saturated rings. The van der Waals surface area contributed by atoms with E-state index in [0.29, 0.717) is 0 Å². The van der Waals surface area contributed by atoms with Crippen LogP contribution < -0.4 is 5.43 Å². The van der Waals surface area contributed by atoms with Gasteiger partial charge >= 0.3 is 0 Å². The molecule has 0 aliphatic rings. The highest BCUT2D eigenvalue weighted by atomic mass is 16.2. The van der Waals surface area contributed by atoms with Gasteiger partial charge in [0.15, 0.2) is 0 Å². The number of nitrogens with one attached hydrogen (secondary N) is 1. The fraction of sp³-hybridized carbons (Fsp3) is 0.143. The second kappa shape index (κ2) is 6.39. The summed E-state index contributed by atoms with van der Waals surface area (Å²) in [6, 6.07) is 9.72. The predicted molar refractivity (Wildman–Crippen MR) is 72.8 cm³/mol. The summed E-state index contributed by atoms with van der Waals surface area (Å²) >= 11 is 0. The van der Waals surface area contributed by atoms with Crippen LogP contribution in [-0.4, -0.2) is 21.6 Å². The highest BCUT2D eigenvalue weighted by Crippen LogP contribution is 2.03. The lowest BCUT2D eigenvalue weighted by Gasteiger charge is -2.04. The molecule has 0 bridgehead atoms. The van der Waals surface area contributed by atoms with Gasteiger partial charge in [0.1, 0.15) is 5.69 Å². The lowest BCUT2D eigenvalue weighted by Crippen LogP contribution is -2.21. The molecule has 0 saturated carbocycles. The first-order chi connectivity index (χ1) is 9.31. The van der Waals surface area contributed by atoms with Gasteiger partial charge in [0.25, 0.3) is 5.91 Å². The number of carbonyl (C=O) groups excluding carboxylic acids is 1. The quantitative estimate of drug-likeness (QED) is 0.670. The molecular formula is C14H14N4O. The highest BCUT2D eigenvalue weighted by Gasteiger charge is 2.06. The average Bonchev–Trinajstić information content (AvgIpc) is 2.49. The van der Waals surface area contributed by atoms with Gasteiger partial charge in [-0.15, -0.1) is 0 Å². The van der Waals surface area contributed by atoms with Crippen LogP contribution in [-0.2, 0) is 0 Å². The standard InChI is InChI=1S/C14H14N4O/c1-2-12(11-6-4-3-5-7-11)17-18-14(19)13-10-15-8-9-16-13/h3-10H,2H2,1H3,(H,18,19)/b17-12+. The van der Waals surface area contributed by atoms with E-state index in [4.69, 9.17) is 0 Å².